The Labute approximate surface area is 113 Å². The molecule has 1 aliphatic heterocycles. The number of aliphatic imine (C=N–C) groups is 1. The van der Waals surface area contributed by atoms with Crippen molar-refractivity contribution < 1.29 is 9.53 Å². The molecule has 0 aliphatic carbocycles. The molecule has 0 N–H and O–H groups in total. The maximum Gasteiger partial charge on any atom is 0.209 e. The number of nitrogens with zero attached hydrogens (tertiary/aromatic N) is 2. The first-order valence-corrected chi connectivity index (χ1v) is 6.35. The van der Waals surface area contributed by atoms with Crippen LogP contribution in [0.1, 0.15) is 12.5 Å². The van der Waals surface area contributed by atoms with Gasteiger partial charge in [0.05, 0.1) is 13.1 Å². The molecule has 0 atom stereocenters. The lowest BCUT2D eigenvalue weighted by atomic mass is 10.1. The van der Waals surface area contributed by atoms with Gasteiger partial charge in [-0.05, 0) is 31.6 Å². The minimum atomic E-state index is 0.0719. The van der Waals surface area contributed by atoms with Gasteiger partial charge in [-0.3, -0.25) is 9.79 Å². The van der Waals surface area contributed by atoms with Gasteiger partial charge in [0.2, 0.25) is 6.41 Å². The molecule has 4 nitrogen and oxygen atoms in total. The number of likely N-dealkylation sites (tertiary alicyclic amines) is 1. The number of rotatable bonds is 5. The van der Waals surface area contributed by atoms with Crippen LogP contribution in [-0.2, 0) is 4.79 Å². The summed E-state index contributed by atoms with van der Waals surface area (Å²) in [5.41, 5.74) is 1.93. The van der Waals surface area contributed by atoms with Crippen LogP contribution in [-0.4, -0.2) is 36.7 Å². The molecule has 2 rings (SSSR count). The lowest BCUT2D eigenvalue weighted by Crippen LogP contribution is -2.52. The summed E-state index contributed by atoms with van der Waals surface area (Å²) in [6.07, 6.45) is 6.49. The van der Waals surface area contributed by atoms with Gasteiger partial charge in [0.25, 0.3) is 0 Å². The summed E-state index contributed by atoms with van der Waals surface area (Å²) in [6, 6.07) is 5.88. The van der Waals surface area contributed by atoms with Crippen LogP contribution >= 0.6 is 0 Å². The summed E-state index contributed by atoms with van der Waals surface area (Å²) in [5, 5.41) is 0. The Kier molecular flexibility index (Phi) is 4.34. The molecule has 0 spiro atoms. The second-order valence-corrected chi connectivity index (χ2v) is 4.52. The van der Waals surface area contributed by atoms with Crippen LogP contribution in [0.3, 0.4) is 0 Å². The SMILES string of the molecule is C/C=C/C=Nc1c(C)cccc1OC1CN(C=O)C1. The predicted molar refractivity (Wildman–Crippen MR) is 76.2 cm³/mol. The molecule has 1 aromatic carbocycles. The fraction of sp³-hybridized carbons (Fsp3) is 0.333. The van der Waals surface area contributed by atoms with Crippen molar-refractivity contribution in [1.82, 2.24) is 4.90 Å². The van der Waals surface area contributed by atoms with Gasteiger partial charge in [0, 0.05) is 6.21 Å². The molecule has 1 saturated heterocycles. The van der Waals surface area contributed by atoms with Crippen LogP contribution in [0.2, 0.25) is 0 Å². The normalized spacial score (nSPS) is 16.0. The minimum Gasteiger partial charge on any atom is -0.484 e. The number of benzene rings is 1. The largest absolute Gasteiger partial charge is 0.484 e. The van der Waals surface area contributed by atoms with E-state index in [1.807, 2.05) is 44.2 Å². The highest BCUT2D eigenvalue weighted by molar-refractivity contribution is 5.76. The third-order valence-electron chi connectivity index (χ3n) is 3.00. The molecule has 1 aliphatic rings. The van der Waals surface area contributed by atoms with Crippen molar-refractivity contribution in [2.45, 2.75) is 20.0 Å². The van der Waals surface area contributed by atoms with Crippen LogP contribution in [0.4, 0.5) is 5.69 Å². The first-order valence-electron chi connectivity index (χ1n) is 6.35. The highest BCUT2D eigenvalue weighted by Crippen LogP contribution is 2.32. The second kappa shape index (κ2) is 6.18. The van der Waals surface area contributed by atoms with Gasteiger partial charge in [-0.25, -0.2) is 0 Å². The van der Waals surface area contributed by atoms with E-state index in [9.17, 15) is 4.79 Å². The Morgan fingerprint density at radius 2 is 2.21 bits per heavy atom. The standard InChI is InChI=1S/C15H18N2O2/c1-3-4-8-16-15-12(2)6-5-7-14(15)19-13-9-17(10-13)11-18/h3-8,11,13H,9-10H2,1-2H3/b4-3+,16-8?. The van der Waals surface area contributed by atoms with E-state index < -0.39 is 0 Å². The lowest BCUT2D eigenvalue weighted by Gasteiger charge is -2.36. The van der Waals surface area contributed by atoms with Gasteiger partial charge in [-0.1, -0.05) is 18.2 Å². The monoisotopic (exact) mass is 258 g/mol. The molecule has 0 saturated carbocycles. The Hall–Kier alpha value is -2.10. The molecule has 100 valence electrons. The van der Waals surface area contributed by atoms with E-state index in [1.165, 1.54) is 0 Å². The fourth-order valence-corrected chi connectivity index (χ4v) is 1.91. The summed E-state index contributed by atoms with van der Waals surface area (Å²) < 4.78 is 5.89. The molecule has 1 heterocycles. The second-order valence-electron chi connectivity index (χ2n) is 4.52. The van der Waals surface area contributed by atoms with E-state index in [2.05, 4.69) is 4.99 Å². The zero-order chi connectivity index (χ0) is 13.7. The number of amides is 1. The van der Waals surface area contributed by atoms with Crippen molar-refractivity contribution in [3.63, 3.8) is 0 Å². The molecule has 0 bridgehead atoms. The Balaban J connectivity index is 2.11. The minimum absolute atomic E-state index is 0.0719. The molecule has 19 heavy (non-hydrogen) atoms. The zero-order valence-corrected chi connectivity index (χ0v) is 11.2. The molecule has 1 aromatic rings. The quantitative estimate of drug-likeness (QED) is 0.601. The fourth-order valence-electron chi connectivity index (χ4n) is 1.91. The number of hydrogen-bond donors (Lipinski definition) is 0. The van der Waals surface area contributed by atoms with Crippen molar-refractivity contribution in [2.75, 3.05) is 13.1 Å². The number of para-hydroxylation sites is 1. The third-order valence-corrected chi connectivity index (χ3v) is 3.00. The van der Waals surface area contributed by atoms with Crippen molar-refractivity contribution in [3.05, 3.63) is 35.9 Å². The Bertz CT molecular complexity index is 503. The molecule has 0 aromatic heterocycles. The first-order chi connectivity index (χ1) is 9.24. The predicted octanol–water partition coefficient (Wildman–Crippen LogP) is 2.49. The highest BCUT2D eigenvalue weighted by Gasteiger charge is 2.27. The van der Waals surface area contributed by atoms with Gasteiger partial charge in [-0.15, -0.1) is 0 Å². The number of aryl methyl sites for hydroxylation is 1. The van der Waals surface area contributed by atoms with Crippen molar-refractivity contribution >= 4 is 18.3 Å². The average Bonchev–Trinajstić information content (AvgIpc) is 2.36. The number of carbonyl (C=O) groups is 1. The van der Waals surface area contributed by atoms with Crippen molar-refractivity contribution in [2.24, 2.45) is 4.99 Å². The van der Waals surface area contributed by atoms with Crippen LogP contribution in [0.5, 0.6) is 5.75 Å². The number of hydrogen-bond acceptors (Lipinski definition) is 3. The molecular weight excluding hydrogens is 240 g/mol. The van der Waals surface area contributed by atoms with Crippen LogP contribution in [0, 0.1) is 6.92 Å². The molecule has 0 unspecified atom stereocenters. The Morgan fingerprint density at radius 1 is 1.42 bits per heavy atom. The van der Waals surface area contributed by atoms with E-state index in [0.717, 1.165) is 23.4 Å². The molecular formula is C15H18N2O2. The summed E-state index contributed by atoms with van der Waals surface area (Å²) >= 11 is 0. The topological polar surface area (TPSA) is 41.9 Å². The van der Waals surface area contributed by atoms with Crippen molar-refractivity contribution in [1.29, 1.82) is 0 Å². The molecule has 4 heteroatoms. The maximum absolute atomic E-state index is 10.5. The van der Waals surface area contributed by atoms with Gasteiger partial charge < -0.3 is 9.64 Å². The highest BCUT2D eigenvalue weighted by atomic mass is 16.5. The van der Waals surface area contributed by atoms with Gasteiger partial charge >= 0.3 is 0 Å². The van der Waals surface area contributed by atoms with Crippen LogP contribution < -0.4 is 4.74 Å². The number of allylic oxidation sites excluding steroid dienone is 2. The maximum atomic E-state index is 10.5. The molecule has 1 amide bonds. The van der Waals surface area contributed by atoms with E-state index in [4.69, 9.17) is 4.74 Å². The van der Waals surface area contributed by atoms with Gasteiger partial charge in [-0.2, -0.15) is 0 Å². The number of ether oxygens (including phenoxy) is 1. The smallest absolute Gasteiger partial charge is 0.209 e. The molecule has 1 fully saturated rings. The van der Waals surface area contributed by atoms with Crippen molar-refractivity contribution in [3.8, 4) is 5.75 Å². The van der Waals surface area contributed by atoms with E-state index >= 15 is 0 Å². The Morgan fingerprint density at radius 3 is 2.89 bits per heavy atom. The van der Waals surface area contributed by atoms with E-state index in [0.29, 0.717) is 13.1 Å². The van der Waals surface area contributed by atoms with E-state index in [-0.39, 0.29) is 6.10 Å². The number of carbonyl (C=O) groups excluding carboxylic acids is 1. The van der Waals surface area contributed by atoms with Crippen LogP contribution in [0.15, 0.2) is 35.3 Å². The molecule has 0 radical (unpaired) electrons. The summed E-state index contributed by atoms with van der Waals surface area (Å²) in [7, 11) is 0. The van der Waals surface area contributed by atoms with Gasteiger partial charge in [0.15, 0.2) is 0 Å². The zero-order valence-electron chi connectivity index (χ0n) is 11.2. The van der Waals surface area contributed by atoms with E-state index in [1.54, 1.807) is 11.1 Å². The first kappa shape index (κ1) is 13.3. The summed E-state index contributed by atoms with van der Waals surface area (Å²) in [5.74, 6) is 0.774. The van der Waals surface area contributed by atoms with Gasteiger partial charge in [0.1, 0.15) is 17.5 Å². The summed E-state index contributed by atoms with van der Waals surface area (Å²) in [4.78, 5) is 16.6. The average molecular weight is 258 g/mol. The third kappa shape index (κ3) is 3.22. The lowest BCUT2D eigenvalue weighted by molar-refractivity contribution is -0.126. The van der Waals surface area contributed by atoms with Crippen LogP contribution in [0.25, 0.3) is 0 Å². The summed E-state index contributed by atoms with van der Waals surface area (Å²) in [6.45, 7) is 5.25.